The van der Waals surface area contributed by atoms with E-state index >= 15 is 0 Å². The molecule has 1 saturated carbocycles. The molecule has 0 heterocycles. The van der Waals surface area contributed by atoms with Crippen molar-refractivity contribution in [3.63, 3.8) is 0 Å². The third-order valence-electron chi connectivity index (χ3n) is 3.51. The highest BCUT2D eigenvalue weighted by Gasteiger charge is 2.28. The van der Waals surface area contributed by atoms with Crippen LogP contribution < -0.4 is 0 Å². The van der Waals surface area contributed by atoms with Crippen molar-refractivity contribution in [3.05, 3.63) is 35.1 Å². The zero-order chi connectivity index (χ0) is 13.8. The Morgan fingerprint density at radius 2 is 2.21 bits per heavy atom. The van der Waals surface area contributed by atoms with Crippen LogP contribution in [0.3, 0.4) is 0 Å². The largest absolute Gasteiger partial charge is 0.478 e. The summed E-state index contributed by atoms with van der Waals surface area (Å²) in [6, 6.07) is 5.02. The molecule has 1 fully saturated rings. The molecule has 0 saturated heterocycles. The van der Waals surface area contributed by atoms with Crippen LogP contribution in [0.2, 0.25) is 0 Å². The Labute approximate surface area is 113 Å². The number of hydrogen-bond donors (Lipinski definition) is 1. The Morgan fingerprint density at radius 3 is 2.79 bits per heavy atom. The number of hydrogen-bond acceptors (Lipinski definition) is 2. The molecule has 1 aromatic rings. The summed E-state index contributed by atoms with van der Waals surface area (Å²) in [7, 11) is 0. The van der Waals surface area contributed by atoms with Crippen LogP contribution in [-0.4, -0.2) is 28.6 Å². The minimum atomic E-state index is -1.20. The van der Waals surface area contributed by atoms with Gasteiger partial charge in [-0.05, 0) is 43.5 Å². The summed E-state index contributed by atoms with van der Waals surface area (Å²) in [5.41, 5.74) is 0.644. The molecule has 1 aliphatic carbocycles. The standard InChI is InChI=1S/C15H20FNO2/c1-2-3-8-17(12-5-6-12)10-11-4-7-14(16)13(9-11)15(18)19/h4,7,9,12H,2-3,5-6,8,10H2,1H3,(H,18,19). The van der Waals surface area contributed by atoms with Gasteiger partial charge in [0.15, 0.2) is 0 Å². The highest BCUT2D eigenvalue weighted by atomic mass is 19.1. The third kappa shape index (κ3) is 3.77. The molecule has 0 amide bonds. The van der Waals surface area contributed by atoms with E-state index in [2.05, 4.69) is 11.8 Å². The van der Waals surface area contributed by atoms with E-state index in [9.17, 15) is 9.18 Å². The van der Waals surface area contributed by atoms with Crippen molar-refractivity contribution in [2.24, 2.45) is 0 Å². The molecule has 0 aromatic heterocycles. The van der Waals surface area contributed by atoms with Gasteiger partial charge in [0, 0.05) is 12.6 Å². The van der Waals surface area contributed by atoms with Crippen molar-refractivity contribution in [3.8, 4) is 0 Å². The van der Waals surface area contributed by atoms with Crippen LogP contribution in [0.15, 0.2) is 18.2 Å². The van der Waals surface area contributed by atoms with Gasteiger partial charge in [-0.15, -0.1) is 0 Å². The first-order valence-corrected chi connectivity index (χ1v) is 6.87. The summed E-state index contributed by atoms with van der Waals surface area (Å²) in [5, 5.41) is 8.93. The molecule has 0 radical (unpaired) electrons. The maximum atomic E-state index is 13.3. The normalized spacial score (nSPS) is 14.9. The number of benzene rings is 1. The molecular weight excluding hydrogens is 245 g/mol. The Balaban J connectivity index is 2.08. The monoisotopic (exact) mass is 265 g/mol. The average Bonchev–Trinajstić information content (AvgIpc) is 3.20. The first-order valence-electron chi connectivity index (χ1n) is 6.87. The number of nitrogens with zero attached hydrogens (tertiary/aromatic N) is 1. The van der Waals surface area contributed by atoms with Crippen LogP contribution in [0.4, 0.5) is 4.39 Å². The van der Waals surface area contributed by atoms with E-state index in [0.29, 0.717) is 12.6 Å². The topological polar surface area (TPSA) is 40.5 Å². The van der Waals surface area contributed by atoms with E-state index in [1.54, 1.807) is 6.07 Å². The van der Waals surface area contributed by atoms with Gasteiger partial charge in [0.05, 0.1) is 5.56 Å². The van der Waals surface area contributed by atoms with Crippen molar-refractivity contribution in [2.45, 2.75) is 45.2 Å². The fraction of sp³-hybridized carbons (Fsp3) is 0.533. The molecule has 1 aromatic carbocycles. The SMILES string of the molecule is CCCCN(Cc1ccc(F)c(C(=O)O)c1)C1CC1. The van der Waals surface area contributed by atoms with Gasteiger partial charge in [0.25, 0.3) is 0 Å². The zero-order valence-electron chi connectivity index (χ0n) is 11.2. The van der Waals surface area contributed by atoms with Crippen LogP contribution in [0.25, 0.3) is 0 Å². The van der Waals surface area contributed by atoms with Crippen LogP contribution in [0.1, 0.15) is 48.5 Å². The maximum absolute atomic E-state index is 13.3. The molecule has 0 spiro atoms. The second-order valence-electron chi connectivity index (χ2n) is 5.17. The number of carboxylic acids is 1. The third-order valence-corrected chi connectivity index (χ3v) is 3.51. The highest BCUT2D eigenvalue weighted by Crippen LogP contribution is 2.28. The number of halogens is 1. The molecular formula is C15H20FNO2. The highest BCUT2D eigenvalue weighted by molar-refractivity contribution is 5.88. The van der Waals surface area contributed by atoms with Crippen molar-refractivity contribution in [2.75, 3.05) is 6.54 Å². The molecule has 104 valence electrons. The van der Waals surface area contributed by atoms with E-state index < -0.39 is 11.8 Å². The van der Waals surface area contributed by atoms with E-state index in [1.807, 2.05) is 0 Å². The second kappa shape index (κ2) is 6.15. The Bertz CT molecular complexity index is 457. The predicted molar refractivity (Wildman–Crippen MR) is 71.7 cm³/mol. The lowest BCUT2D eigenvalue weighted by Crippen LogP contribution is -2.26. The summed E-state index contributed by atoms with van der Waals surface area (Å²) >= 11 is 0. The van der Waals surface area contributed by atoms with Crippen molar-refractivity contribution in [1.29, 1.82) is 0 Å². The van der Waals surface area contributed by atoms with Gasteiger partial charge in [-0.3, -0.25) is 4.90 Å². The van der Waals surface area contributed by atoms with E-state index in [4.69, 9.17) is 5.11 Å². The van der Waals surface area contributed by atoms with Crippen LogP contribution in [0.5, 0.6) is 0 Å². The van der Waals surface area contributed by atoms with Crippen LogP contribution in [0, 0.1) is 5.82 Å². The molecule has 1 aliphatic rings. The molecule has 1 N–H and O–H groups in total. The molecule has 3 nitrogen and oxygen atoms in total. The predicted octanol–water partition coefficient (Wildman–Crippen LogP) is 3.29. The molecule has 0 atom stereocenters. The van der Waals surface area contributed by atoms with E-state index in [-0.39, 0.29) is 5.56 Å². The minimum Gasteiger partial charge on any atom is -0.478 e. The molecule has 4 heteroatoms. The van der Waals surface area contributed by atoms with Gasteiger partial charge >= 0.3 is 5.97 Å². The van der Waals surface area contributed by atoms with Gasteiger partial charge < -0.3 is 5.11 Å². The van der Waals surface area contributed by atoms with Crippen molar-refractivity contribution in [1.82, 2.24) is 4.90 Å². The average molecular weight is 265 g/mol. The van der Waals surface area contributed by atoms with Crippen molar-refractivity contribution >= 4 is 5.97 Å². The lowest BCUT2D eigenvalue weighted by Gasteiger charge is -2.22. The Kier molecular flexibility index (Phi) is 4.53. The number of carboxylic acid groups (broad SMARTS) is 1. The fourth-order valence-corrected chi connectivity index (χ4v) is 2.26. The van der Waals surface area contributed by atoms with Gasteiger partial charge in [-0.2, -0.15) is 0 Å². The zero-order valence-corrected chi connectivity index (χ0v) is 11.2. The quantitative estimate of drug-likeness (QED) is 0.822. The number of rotatable bonds is 7. The lowest BCUT2D eigenvalue weighted by atomic mass is 10.1. The van der Waals surface area contributed by atoms with E-state index in [0.717, 1.165) is 24.9 Å². The van der Waals surface area contributed by atoms with Crippen molar-refractivity contribution < 1.29 is 14.3 Å². The van der Waals surface area contributed by atoms with Gasteiger partial charge in [0.2, 0.25) is 0 Å². The Hall–Kier alpha value is -1.42. The smallest absolute Gasteiger partial charge is 0.338 e. The van der Waals surface area contributed by atoms with Crippen LogP contribution >= 0.6 is 0 Å². The first-order chi connectivity index (χ1) is 9.11. The molecule has 0 bridgehead atoms. The minimum absolute atomic E-state index is 0.233. The Morgan fingerprint density at radius 1 is 1.47 bits per heavy atom. The summed E-state index contributed by atoms with van der Waals surface area (Å²) in [6.45, 7) is 3.90. The molecule has 19 heavy (non-hydrogen) atoms. The molecule has 0 unspecified atom stereocenters. The summed E-state index contributed by atoms with van der Waals surface area (Å²) in [5.74, 6) is -1.87. The van der Waals surface area contributed by atoms with Gasteiger partial charge in [-0.1, -0.05) is 19.4 Å². The summed E-state index contributed by atoms with van der Waals surface area (Å²) in [4.78, 5) is 13.3. The van der Waals surface area contributed by atoms with Gasteiger partial charge in [0.1, 0.15) is 5.82 Å². The van der Waals surface area contributed by atoms with E-state index in [1.165, 1.54) is 25.0 Å². The lowest BCUT2D eigenvalue weighted by molar-refractivity contribution is 0.0691. The second-order valence-corrected chi connectivity index (χ2v) is 5.17. The van der Waals surface area contributed by atoms with Gasteiger partial charge in [-0.25, -0.2) is 9.18 Å². The first kappa shape index (κ1) is 14.0. The number of carbonyl (C=O) groups is 1. The summed E-state index contributed by atoms with van der Waals surface area (Å²) in [6.07, 6.45) is 4.73. The summed E-state index contributed by atoms with van der Waals surface area (Å²) < 4.78 is 13.3. The molecule has 2 rings (SSSR count). The van der Waals surface area contributed by atoms with Crippen LogP contribution in [-0.2, 0) is 6.54 Å². The number of unbranched alkanes of at least 4 members (excludes halogenated alkanes) is 1. The molecule has 0 aliphatic heterocycles. The maximum Gasteiger partial charge on any atom is 0.338 e. The number of aromatic carboxylic acids is 1. The fourth-order valence-electron chi connectivity index (χ4n) is 2.26.